The molecule has 6 nitrogen and oxygen atoms in total. The molecule has 2 heterocycles. The number of thiazole rings is 1. The average Bonchev–Trinajstić information content (AvgIpc) is 3.17. The van der Waals surface area contributed by atoms with Gasteiger partial charge < -0.3 is 10.2 Å². The van der Waals surface area contributed by atoms with E-state index in [4.69, 9.17) is 0 Å². The smallest absolute Gasteiger partial charge is 0.254 e. The maximum absolute atomic E-state index is 13.0. The zero-order valence-electron chi connectivity index (χ0n) is 15.5. The van der Waals surface area contributed by atoms with Crippen molar-refractivity contribution in [2.45, 2.75) is 13.0 Å². The third kappa shape index (κ3) is 3.70. The van der Waals surface area contributed by atoms with E-state index in [9.17, 15) is 4.79 Å². The molecule has 0 spiro atoms. The number of aromatic nitrogens is 3. The molecule has 0 saturated carbocycles. The Morgan fingerprint density at radius 1 is 1.07 bits per heavy atom. The van der Waals surface area contributed by atoms with Crippen molar-refractivity contribution >= 4 is 39.1 Å². The molecule has 1 amide bonds. The Bertz CT molecular complexity index is 1080. The lowest BCUT2D eigenvalue weighted by Crippen LogP contribution is -2.29. The number of nitrogens with one attached hydrogen (secondary N) is 1. The molecule has 0 aliphatic carbocycles. The van der Waals surface area contributed by atoms with E-state index in [1.54, 1.807) is 53.9 Å². The molecule has 0 saturated heterocycles. The number of anilines is 2. The first-order valence-electron chi connectivity index (χ1n) is 8.88. The summed E-state index contributed by atoms with van der Waals surface area (Å²) in [5.41, 5.74) is 2.32. The molecule has 0 aliphatic rings. The molecule has 0 radical (unpaired) electrons. The van der Waals surface area contributed by atoms with E-state index in [0.29, 0.717) is 11.5 Å². The van der Waals surface area contributed by atoms with Gasteiger partial charge in [-0.2, -0.15) is 0 Å². The molecular weight excluding hydrogens is 370 g/mol. The fourth-order valence-corrected chi connectivity index (χ4v) is 3.90. The zero-order chi connectivity index (χ0) is 19.5. The van der Waals surface area contributed by atoms with Gasteiger partial charge in [-0.1, -0.05) is 18.2 Å². The number of nitrogens with zero attached hydrogens (tertiary/aromatic N) is 4. The van der Waals surface area contributed by atoms with Crippen molar-refractivity contribution in [2.24, 2.45) is 0 Å². The van der Waals surface area contributed by atoms with Crippen molar-refractivity contribution in [3.63, 3.8) is 0 Å². The van der Waals surface area contributed by atoms with Crippen LogP contribution >= 0.6 is 11.3 Å². The van der Waals surface area contributed by atoms with Crippen LogP contribution in [0, 0.1) is 0 Å². The van der Waals surface area contributed by atoms with Crippen molar-refractivity contribution in [3.8, 4) is 0 Å². The van der Waals surface area contributed by atoms with Gasteiger partial charge in [-0.3, -0.25) is 4.79 Å². The lowest BCUT2D eigenvalue weighted by molar-refractivity contribution is 0.0742. The highest BCUT2D eigenvalue weighted by Crippen LogP contribution is 2.29. The van der Waals surface area contributed by atoms with Crippen molar-refractivity contribution < 1.29 is 4.79 Å². The summed E-state index contributed by atoms with van der Waals surface area (Å²) in [4.78, 5) is 27.7. The largest absolute Gasteiger partial charge is 0.333 e. The molecule has 1 N–H and O–H groups in total. The molecule has 140 valence electrons. The molecule has 4 rings (SSSR count). The Labute approximate surface area is 166 Å². The molecule has 0 aliphatic heterocycles. The second-order valence-corrected chi connectivity index (χ2v) is 7.45. The standard InChI is InChI=1S/C21H19N5OS/c1-14(19-25-17-9-3-4-10-18(17)28-19)26(2)20(27)15-7-5-8-16(13-15)24-21-22-11-6-12-23-21/h3-14H,1-2H3,(H,22,23,24). The molecule has 1 unspecified atom stereocenters. The van der Waals surface area contributed by atoms with Gasteiger partial charge in [0, 0.05) is 30.7 Å². The Morgan fingerprint density at radius 2 is 1.86 bits per heavy atom. The number of amides is 1. The Kier molecular flexibility index (Phi) is 4.99. The van der Waals surface area contributed by atoms with Crippen molar-refractivity contribution in [3.05, 3.63) is 77.6 Å². The van der Waals surface area contributed by atoms with Crippen molar-refractivity contribution in [2.75, 3.05) is 12.4 Å². The highest BCUT2D eigenvalue weighted by molar-refractivity contribution is 7.18. The predicted octanol–water partition coefficient (Wildman–Crippen LogP) is 4.66. The Balaban J connectivity index is 1.53. The van der Waals surface area contributed by atoms with Crippen LogP contribution in [0.5, 0.6) is 0 Å². The summed E-state index contributed by atoms with van der Waals surface area (Å²) in [6.07, 6.45) is 3.33. The van der Waals surface area contributed by atoms with E-state index < -0.39 is 0 Å². The topological polar surface area (TPSA) is 71.0 Å². The van der Waals surface area contributed by atoms with Crippen LogP contribution in [-0.2, 0) is 0 Å². The van der Waals surface area contributed by atoms with Gasteiger partial charge in [0.1, 0.15) is 5.01 Å². The number of rotatable bonds is 5. The molecule has 1 atom stereocenters. The third-order valence-electron chi connectivity index (χ3n) is 4.50. The number of carbonyl (C=O) groups excluding carboxylic acids is 1. The number of para-hydroxylation sites is 1. The summed E-state index contributed by atoms with van der Waals surface area (Å²) in [6, 6.07) is 17.0. The van der Waals surface area contributed by atoms with Gasteiger partial charge in [-0.25, -0.2) is 15.0 Å². The number of hydrogen-bond donors (Lipinski definition) is 1. The van der Waals surface area contributed by atoms with Gasteiger partial charge in [0.15, 0.2) is 0 Å². The lowest BCUT2D eigenvalue weighted by atomic mass is 10.1. The fraction of sp³-hybridized carbons (Fsp3) is 0.143. The van der Waals surface area contributed by atoms with Gasteiger partial charge in [-0.05, 0) is 43.3 Å². The van der Waals surface area contributed by atoms with E-state index in [0.717, 1.165) is 20.9 Å². The molecule has 28 heavy (non-hydrogen) atoms. The lowest BCUT2D eigenvalue weighted by Gasteiger charge is -2.23. The molecule has 7 heteroatoms. The Morgan fingerprint density at radius 3 is 2.64 bits per heavy atom. The first-order valence-corrected chi connectivity index (χ1v) is 9.70. The quantitative estimate of drug-likeness (QED) is 0.537. The monoisotopic (exact) mass is 389 g/mol. The second kappa shape index (κ2) is 7.74. The minimum absolute atomic E-state index is 0.0654. The zero-order valence-corrected chi connectivity index (χ0v) is 16.4. The summed E-state index contributed by atoms with van der Waals surface area (Å²) in [5, 5.41) is 4.03. The summed E-state index contributed by atoms with van der Waals surface area (Å²) < 4.78 is 1.12. The minimum atomic E-state index is -0.126. The highest BCUT2D eigenvalue weighted by Gasteiger charge is 2.22. The van der Waals surface area contributed by atoms with Crippen LogP contribution in [0.2, 0.25) is 0 Å². The van der Waals surface area contributed by atoms with Crippen molar-refractivity contribution in [1.29, 1.82) is 0 Å². The van der Waals surface area contributed by atoms with E-state index in [1.165, 1.54) is 0 Å². The van der Waals surface area contributed by atoms with Gasteiger partial charge in [0.2, 0.25) is 5.95 Å². The highest BCUT2D eigenvalue weighted by atomic mass is 32.1. The number of fused-ring (bicyclic) bond motifs is 1. The van der Waals surface area contributed by atoms with E-state index >= 15 is 0 Å². The number of carbonyl (C=O) groups is 1. The van der Waals surface area contributed by atoms with Crippen LogP contribution in [0.15, 0.2) is 67.0 Å². The molecule has 2 aromatic heterocycles. The molecule has 0 bridgehead atoms. The van der Waals surface area contributed by atoms with E-state index in [2.05, 4.69) is 20.3 Å². The van der Waals surface area contributed by atoms with Crippen LogP contribution in [-0.4, -0.2) is 32.8 Å². The van der Waals surface area contributed by atoms with Crippen LogP contribution in [0.1, 0.15) is 28.3 Å². The minimum Gasteiger partial charge on any atom is -0.333 e. The van der Waals surface area contributed by atoms with Gasteiger partial charge in [0.05, 0.1) is 16.3 Å². The summed E-state index contributed by atoms with van der Waals surface area (Å²) >= 11 is 1.62. The summed E-state index contributed by atoms with van der Waals surface area (Å²) in [7, 11) is 1.81. The van der Waals surface area contributed by atoms with Crippen LogP contribution in [0.25, 0.3) is 10.2 Å². The molecular formula is C21H19N5OS. The number of hydrogen-bond acceptors (Lipinski definition) is 6. The van der Waals surface area contributed by atoms with Crippen molar-refractivity contribution in [1.82, 2.24) is 19.9 Å². The SMILES string of the molecule is CC(c1nc2ccccc2s1)N(C)C(=O)c1cccc(Nc2ncccn2)c1. The van der Waals surface area contributed by atoms with Gasteiger partial charge >= 0.3 is 0 Å². The normalized spacial score (nSPS) is 11.9. The van der Waals surface area contributed by atoms with Crippen LogP contribution < -0.4 is 5.32 Å². The average molecular weight is 389 g/mol. The van der Waals surface area contributed by atoms with Crippen LogP contribution in [0.3, 0.4) is 0 Å². The van der Waals surface area contributed by atoms with Crippen LogP contribution in [0.4, 0.5) is 11.6 Å². The number of benzene rings is 2. The maximum Gasteiger partial charge on any atom is 0.254 e. The first kappa shape index (κ1) is 18.1. The molecule has 2 aromatic carbocycles. The van der Waals surface area contributed by atoms with Gasteiger partial charge in [0.25, 0.3) is 5.91 Å². The first-order chi connectivity index (χ1) is 13.6. The van der Waals surface area contributed by atoms with Gasteiger partial charge in [-0.15, -0.1) is 11.3 Å². The molecule has 4 aromatic rings. The summed E-state index contributed by atoms with van der Waals surface area (Å²) in [6.45, 7) is 2.00. The second-order valence-electron chi connectivity index (χ2n) is 6.39. The molecule has 0 fully saturated rings. The maximum atomic E-state index is 13.0. The third-order valence-corrected chi connectivity index (χ3v) is 5.71. The summed E-state index contributed by atoms with van der Waals surface area (Å²) in [5.74, 6) is 0.424. The Hall–Kier alpha value is -3.32. The predicted molar refractivity (Wildman–Crippen MR) is 112 cm³/mol. The fourth-order valence-electron chi connectivity index (χ4n) is 2.84. The van der Waals surface area contributed by atoms with E-state index in [1.807, 2.05) is 43.3 Å². The van der Waals surface area contributed by atoms with E-state index in [-0.39, 0.29) is 11.9 Å².